The fourth-order valence-electron chi connectivity index (χ4n) is 0.322. The lowest BCUT2D eigenvalue weighted by molar-refractivity contribution is 1.16. The Labute approximate surface area is 65.0 Å². The second-order valence-corrected chi connectivity index (χ2v) is 1.61. The van der Waals surface area contributed by atoms with E-state index < -0.39 is 0 Å². The van der Waals surface area contributed by atoms with Crippen LogP contribution in [0.15, 0.2) is 37.0 Å². The minimum Gasteiger partial charge on any atom is -0.0991 e. The van der Waals surface area contributed by atoms with Gasteiger partial charge in [0.2, 0.25) is 0 Å². The van der Waals surface area contributed by atoms with Gasteiger partial charge in [-0.05, 0) is 6.42 Å². The summed E-state index contributed by atoms with van der Waals surface area (Å²) in [4.78, 5) is 0. The van der Waals surface area contributed by atoms with Crippen molar-refractivity contribution in [2.45, 2.75) is 27.2 Å². The van der Waals surface area contributed by atoms with Crippen LogP contribution in [0.5, 0.6) is 0 Å². The molecule has 0 aliphatic rings. The molecule has 0 radical (unpaired) electrons. The summed E-state index contributed by atoms with van der Waals surface area (Å²) in [7, 11) is 0. The highest BCUT2D eigenvalue weighted by Crippen LogP contribution is 1.96. The van der Waals surface area contributed by atoms with Crippen LogP contribution in [-0.2, 0) is 0 Å². The Bertz CT molecular complexity index is 107. The molecule has 0 aromatic rings. The predicted octanol–water partition coefficient (Wildman–Crippen LogP) is 3.72. The van der Waals surface area contributed by atoms with E-state index in [9.17, 15) is 0 Å². The van der Waals surface area contributed by atoms with Gasteiger partial charge in [0.05, 0.1) is 0 Å². The topological polar surface area (TPSA) is 0 Å². The maximum absolute atomic E-state index is 3.78. The first-order valence-electron chi connectivity index (χ1n) is 3.78. The van der Waals surface area contributed by atoms with E-state index in [1.807, 2.05) is 26.0 Å². The van der Waals surface area contributed by atoms with Gasteiger partial charge in [0.1, 0.15) is 0 Å². The molecule has 0 saturated carbocycles. The third-order valence-corrected chi connectivity index (χ3v) is 0.922. The van der Waals surface area contributed by atoms with E-state index in [1.54, 1.807) is 6.08 Å². The Kier molecular flexibility index (Phi) is 13.2. The Morgan fingerprint density at radius 1 is 1.40 bits per heavy atom. The van der Waals surface area contributed by atoms with Gasteiger partial charge >= 0.3 is 0 Å². The fraction of sp³-hybridized carbons (Fsp3) is 0.400. The Hall–Kier alpha value is -0.780. The molecule has 0 heteroatoms. The first kappa shape index (κ1) is 12.0. The van der Waals surface area contributed by atoms with Crippen LogP contribution in [0.2, 0.25) is 0 Å². The van der Waals surface area contributed by atoms with Crippen LogP contribution in [0, 0.1) is 0 Å². The molecular formula is C10H18. The Morgan fingerprint density at radius 3 is 2.20 bits per heavy atom. The molecule has 10 heavy (non-hydrogen) atoms. The lowest BCUT2D eigenvalue weighted by Gasteiger charge is -1.86. The van der Waals surface area contributed by atoms with Crippen molar-refractivity contribution in [3.05, 3.63) is 37.0 Å². The fourth-order valence-corrected chi connectivity index (χ4v) is 0.322. The lowest BCUT2D eigenvalue weighted by atomic mass is 10.2. The monoisotopic (exact) mass is 138 g/mol. The molecule has 0 aliphatic carbocycles. The Balaban J connectivity index is 0. The van der Waals surface area contributed by atoms with E-state index >= 15 is 0 Å². The van der Waals surface area contributed by atoms with Crippen LogP contribution in [0.3, 0.4) is 0 Å². The summed E-state index contributed by atoms with van der Waals surface area (Å²) < 4.78 is 0. The van der Waals surface area contributed by atoms with E-state index in [-0.39, 0.29) is 0 Å². The number of hydrogen-bond donors (Lipinski definition) is 0. The first-order chi connectivity index (χ1) is 4.81. The molecule has 0 saturated heterocycles. The van der Waals surface area contributed by atoms with Gasteiger partial charge in [0.15, 0.2) is 0 Å². The maximum Gasteiger partial charge on any atom is -0.0313 e. The van der Waals surface area contributed by atoms with Gasteiger partial charge in [-0.1, -0.05) is 57.7 Å². The molecule has 0 N–H and O–H groups in total. The van der Waals surface area contributed by atoms with E-state index in [2.05, 4.69) is 20.1 Å². The van der Waals surface area contributed by atoms with Crippen LogP contribution in [0.4, 0.5) is 0 Å². The standard InChI is InChI=1S/C8H12.C2H6/c1-4-6-7-8(3)5-2;1-2/h4,6-7H,1,3,5H2,2H3;1-2H3/b7-6-;. The quantitative estimate of drug-likeness (QED) is 0.521. The molecule has 0 aromatic carbocycles. The number of hydrogen-bond acceptors (Lipinski definition) is 0. The van der Waals surface area contributed by atoms with Gasteiger partial charge in [0.25, 0.3) is 0 Å². The number of allylic oxidation sites excluding steroid dienone is 4. The largest absolute Gasteiger partial charge is 0.0991 e. The Morgan fingerprint density at radius 2 is 1.90 bits per heavy atom. The molecule has 0 bridgehead atoms. The summed E-state index contributed by atoms with van der Waals surface area (Å²) in [5, 5.41) is 0. The minimum atomic E-state index is 1.02. The molecule has 0 nitrogen and oxygen atoms in total. The molecule has 0 heterocycles. The summed E-state index contributed by atoms with van der Waals surface area (Å²) in [5.74, 6) is 0. The zero-order valence-corrected chi connectivity index (χ0v) is 7.35. The van der Waals surface area contributed by atoms with Crippen molar-refractivity contribution in [2.24, 2.45) is 0 Å². The molecule has 0 atom stereocenters. The summed E-state index contributed by atoms with van der Waals surface area (Å²) in [6.07, 6.45) is 6.63. The van der Waals surface area contributed by atoms with Crippen LogP contribution in [0.25, 0.3) is 0 Å². The molecule has 0 spiro atoms. The van der Waals surface area contributed by atoms with Crippen molar-refractivity contribution in [3.63, 3.8) is 0 Å². The average Bonchev–Trinajstić information content (AvgIpc) is 2.04. The van der Waals surface area contributed by atoms with Crippen molar-refractivity contribution in [3.8, 4) is 0 Å². The van der Waals surface area contributed by atoms with E-state index in [1.165, 1.54) is 0 Å². The molecule has 58 valence electrons. The molecule has 0 amide bonds. The van der Waals surface area contributed by atoms with Crippen molar-refractivity contribution < 1.29 is 0 Å². The zero-order valence-electron chi connectivity index (χ0n) is 7.35. The third kappa shape index (κ3) is 10.3. The summed E-state index contributed by atoms with van der Waals surface area (Å²) in [6.45, 7) is 13.4. The highest BCUT2D eigenvalue weighted by Gasteiger charge is 1.75. The van der Waals surface area contributed by atoms with Crippen molar-refractivity contribution in [1.29, 1.82) is 0 Å². The predicted molar refractivity (Wildman–Crippen MR) is 50.1 cm³/mol. The second-order valence-electron chi connectivity index (χ2n) is 1.61. The maximum atomic E-state index is 3.78. The third-order valence-electron chi connectivity index (χ3n) is 0.922. The summed E-state index contributed by atoms with van der Waals surface area (Å²) in [5.41, 5.74) is 1.14. The highest BCUT2D eigenvalue weighted by atomic mass is 13.8. The first-order valence-corrected chi connectivity index (χ1v) is 3.78. The summed E-state index contributed by atoms with van der Waals surface area (Å²) >= 11 is 0. The zero-order chi connectivity index (χ0) is 8.41. The van der Waals surface area contributed by atoms with E-state index in [4.69, 9.17) is 0 Å². The molecule has 0 fully saturated rings. The number of rotatable bonds is 3. The SMILES string of the molecule is C=C/C=C\C(=C)CC.CC. The van der Waals surface area contributed by atoms with Gasteiger partial charge in [0, 0.05) is 0 Å². The molecule has 0 aromatic heterocycles. The van der Waals surface area contributed by atoms with Gasteiger partial charge in [-0.3, -0.25) is 0 Å². The van der Waals surface area contributed by atoms with Gasteiger partial charge in [-0.15, -0.1) is 0 Å². The van der Waals surface area contributed by atoms with Gasteiger partial charge in [-0.25, -0.2) is 0 Å². The van der Waals surface area contributed by atoms with Crippen LogP contribution < -0.4 is 0 Å². The average molecular weight is 138 g/mol. The van der Waals surface area contributed by atoms with E-state index in [0.29, 0.717) is 0 Å². The van der Waals surface area contributed by atoms with Crippen molar-refractivity contribution >= 4 is 0 Å². The van der Waals surface area contributed by atoms with Crippen molar-refractivity contribution in [2.75, 3.05) is 0 Å². The lowest BCUT2D eigenvalue weighted by Crippen LogP contribution is -1.65. The van der Waals surface area contributed by atoms with Crippen LogP contribution in [-0.4, -0.2) is 0 Å². The highest BCUT2D eigenvalue weighted by molar-refractivity contribution is 5.17. The molecule has 0 rings (SSSR count). The molecule has 0 aliphatic heterocycles. The second kappa shape index (κ2) is 11.1. The van der Waals surface area contributed by atoms with Crippen molar-refractivity contribution in [1.82, 2.24) is 0 Å². The normalized spacial score (nSPS) is 8.30. The van der Waals surface area contributed by atoms with Crippen LogP contribution in [0.1, 0.15) is 27.2 Å². The smallest absolute Gasteiger partial charge is 0.0313 e. The van der Waals surface area contributed by atoms with Gasteiger partial charge in [-0.2, -0.15) is 0 Å². The van der Waals surface area contributed by atoms with Gasteiger partial charge < -0.3 is 0 Å². The molecule has 0 unspecified atom stereocenters. The summed E-state index contributed by atoms with van der Waals surface area (Å²) in [6, 6.07) is 0. The molecular weight excluding hydrogens is 120 g/mol. The minimum absolute atomic E-state index is 1.02. The van der Waals surface area contributed by atoms with Crippen LogP contribution >= 0.6 is 0 Å². The van der Waals surface area contributed by atoms with E-state index in [0.717, 1.165) is 12.0 Å².